The first-order valence-electron chi connectivity index (χ1n) is 11.7. The van der Waals surface area contributed by atoms with Gasteiger partial charge in [-0.05, 0) is 62.4 Å². The number of anilines is 1. The van der Waals surface area contributed by atoms with Crippen molar-refractivity contribution in [3.05, 3.63) is 89.7 Å². The average Bonchev–Trinajstić information content (AvgIpc) is 2.88. The minimum Gasteiger partial charge on any atom is -0.338 e. The summed E-state index contributed by atoms with van der Waals surface area (Å²) in [6.07, 6.45) is 0. The summed E-state index contributed by atoms with van der Waals surface area (Å²) in [6.45, 7) is 3.60. The minimum atomic E-state index is -4.13. The quantitative estimate of drug-likeness (QED) is 0.455. The van der Waals surface area contributed by atoms with Crippen LogP contribution in [0.3, 0.4) is 0 Å². The monoisotopic (exact) mass is 545 g/mol. The molecule has 1 aliphatic heterocycles. The van der Waals surface area contributed by atoms with Crippen molar-refractivity contribution in [2.24, 2.45) is 0 Å². The summed E-state index contributed by atoms with van der Waals surface area (Å²) in [5.74, 6) is -1.01. The fourth-order valence-electron chi connectivity index (χ4n) is 4.02. The molecule has 3 aromatic rings. The first-order chi connectivity index (χ1) is 17.5. The smallest absolute Gasteiger partial charge is 0.264 e. The number of benzene rings is 3. The largest absolute Gasteiger partial charge is 0.338 e. The van der Waals surface area contributed by atoms with E-state index in [1.165, 1.54) is 33.5 Å². The van der Waals surface area contributed by atoms with E-state index < -0.39 is 38.3 Å². The predicted octanol–water partition coefficient (Wildman–Crippen LogP) is 3.17. The summed E-state index contributed by atoms with van der Waals surface area (Å²) in [7, 11) is -7.84. The summed E-state index contributed by atoms with van der Waals surface area (Å²) in [6, 6.07) is 17.7. The Morgan fingerprint density at radius 1 is 0.757 bits per heavy atom. The number of aryl methyl sites for hydroxylation is 2. The third-order valence-electron chi connectivity index (χ3n) is 6.25. The highest BCUT2D eigenvalue weighted by Gasteiger charge is 2.33. The number of carbonyl (C=O) groups is 1. The lowest BCUT2D eigenvalue weighted by Crippen LogP contribution is -2.53. The molecule has 0 spiro atoms. The van der Waals surface area contributed by atoms with Gasteiger partial charge >= 0.3 is 0 Å². The van der Waals surface area contributed by atoms with Gasteiger partial charge in [0.15, 0.2) is 0 Å². The highest BCUT2D eigenvalue weighted by molar-refractivity contribution is 7.92. The molecule has 37 heavy (non-hydrogen) atoms. The van der Waals surface area contributed by atoms with Crippen molar-refractivity contribution in [3.8, 4) is 0 Å². The second-order valence-electron chi connectivity index (χ2n) is 8.90. The number of hydrogen-bond acceptors (Lipinski definition) is 5. The van der Waals surface area contributed by atoms with Crippen LogP contribution in [0.15, 0.2) is 82.6 Å². The predicted molar refractivity (Wildman–Crippen MR) is 139 cm³/mol. The third-order valence-corrected chi connectivity index (χ3v) is 9.95. The molecule has 11 heteroatoms. The molecule has 1 heterocycles. The van der Waals surface area contributed by atoms with Gasteiger partial charge in [0.1, 0.15) is 12.4 Å². The summed E-state index contributed by atoms with van der Waals surface area (Å²) < 4.78 is 68.8. The van der Waals surface area contributed by atoms with Crippen LogP contribution in [0.2, 0.25) is 0 Å². The van der Waals surface area contributed by atoms with E-state index in [4.69, 9.17) is 0 Å². The molecule has 0 saturated carbocycles. The van der Waals surface area contributed by atoms with Crippen LogP contribution in [0.4, 0.5) is 10.1 Å². The Labute approximate surface area is 217 Å². The second-order valence-corrected chi connectivity index (χ2v) is 12.7. The van der Waals surface area contributed by atoms with Gasteiger partial charge in [-0.15, -0.1) is 0 Å². The molecule has 1 amide bonds. The van der Waals surface area contributed by atoms with Gasteiger partial charge in [-0.2, -0.15) is 4.31 Å². The maximum Gasteiger partial charge on any atom is 0.264 e. The molecule has 0 radical (unpaired) electrons. The van der Waals surface area contributed by atoms with E-state index in [0.29, 0.717) is 0 Å². The zero-order valence-corrected chi connectivity index (χ0v) is 22.2. The molecule has 1 saturated heterocycles. The van der Waals surface area contributed by atoms with Crippen LogP contribution >= 0.6 is 0 Å². The summed E-state index contributed by atoms with van der Waals surface area (Å²) in [4.78, 5) is 14.9. The molecule has 3 aromatic carbocycles. The van der Waals surface area contributed by atoms with Crippen LogP contribution < -0.4 is 4.31 Å². The molecule has 0 aliphatic carbocycles. The van der Waals surface area contributed by atoms with E-state index in [2.05, 4.69) is 0 Å². The summed E-state index contributed by atoms with van der Waals surface area (Å²) in [5.41, 5.74) is 1.97. The molecular formula is C26H28FN3O5S2. The van der Waals surface area contributed by atoms with E-state index in [1.54, 1.807) is 36.4 Å². The van der Waals surface area contributed by atoms with Crippen LogP contribution in [0.5, 0.6) is 0 Å². The van der Waals surface area contributed by atoms with Crippen molar-refractivity contribution < 1.29 is 26.0 Å². The van der Waals surface area contributed by atoms with Crippen molar-refractivity contribution in [1.29, 1.82) is 0 Å². The third kappa shape index (κ3) is 5.84. The minimum absolute atomic E-state index is 0.00392. The van der Waals surface area contributed by atoms with E-state index >= 15 is 0 Å². The molecule has 1 fully saturated rings. The summed E-state index contributed by atoms with van der Waals surface area (Å²) in [5, 5.41) is 0. The maximum atomic E-state index is 13.5. The first-order valence-corrected chi connectivity index (χ1v) is 14.6. The standard InChI is InChI=1S/C26H28FN3O5S2/c1-20-3-11-24(12-4-20)36(32,33)29-17-15-28(16-18-29)26(31)19-30(23-9-7-22(27)8-10-23)37(34,35)25-13-5-21(2)6-14-25/h3-14H,15-19H2,1-2H3. The zero-order chi connectivity index (χ0) is 26.8. The topological polar surface area (TPSA) is 95.1 Å². The molecule has 0 unspecified atom stereocenters. The molecule has 0 aromatic heterocycles. The zero-order valence-electron chi connectivity index (χ0n) is 20.5. The van der Waals surface area contributed by atoms with Crippen molar-refractivity contribution in [3.63, 3.8) is 0 Å². The Kier molecular flexibility index (Phi) is 7.67. The molecule has 0 N–H and O–H groups in total. The Balaban J connectivity index is 1.52. The van der Waals surface area contributed by atoms with Crippen LogP contribution in [0.1, 0.15) is 11.1 Å². The number of halogens is 1. The van der Waals surface area contributed by atoms with Crippen LogP contribution in [-0.4, -0.2) is 64.7 Å². The normalized spacial score (nSPS) is 14.9. The SMILES string of the molecule is Cc1ccc(S(=O)(=O)N2CCN(C(=O)CN(c3ccc(F)cc3)S(=O)(=O)c3ccc(C)cc3)CC2)cc1. The lowest BCUT2D eigenvalue weighted by atomic mass is 10.2. The fraction of sp³-hybridized carbons (Fsp3) is 0.269. The van der Waals surface area contributed by atoms with Crippen LogP contribution in [-0.2, 0) is 24.8 Å². The molecule has 196 valence electrons. The van der Waals surface area contributed by atoms with Gasteiger partial charge in [0.25, 0.3) is 10.0 Å². The van der Waals surface area contributed by atoms with Crippen LogP contribution in [0, 0.1) is 19.7 Å². The van der Waals surface area contributed by atoms with Gasteiger partial charge in [0.2, 0.25) is 15.9 Å². The lowest BCUT2D eigenvalue weighted by Gasteiger charge is -2.35. The van der Waals surface area contributed by atoms with Gasteiger partial charge in [-0.3, -0.25) is 9.10 Å². The molecule has 4 rings (SSSR count). The Bertz CT molecular complexity index is 1470. The molecule has 0 bridgehead atoms. The van der Waals surface area contributed by atoms with Gasteiger partial charge in [0.05, 0.1) is 15.5 Å². The van der Waals surface area contributed by atoms with E-state index in [1.807, 2.05) is 13.8 Å². The van der Waals surface area contributed by atoms with Crippen molar-refractivity contribution in [2.75, 3.05) is 37.0 Å². The Morgan fingerprint density at radius 2 is 1.24 bits per heavy atom. The first kappa shape index (κ1) is 26.8. The van der Waals surface area contributed by atoms with Gasteiger partial charge < -0.3 is 4.90 Å². The molecule has 0 atom stereocenters. The lowest BCUT2D eigenvalue weighted by molar-refractivity contribution is -0.130. The molecule has 1 aliphatic rings. The number of amides is 1. The van der Waals surface area contributed by atoms with Crippen molar-refractivity contribution in [2.45, 2.75) is 23.6 Å². The molecular weight excluding hydrogens is 517 g/mol. The van der Waals surface area contributed by atoms with Gasteiger partial charge in [0, 0.05) is 26.2 Å². The number of carbonyl (C=O) groups excluding carboxylic acids is 1. The number of nitrogens with zero attached hydrogens (tertiary/aromatic N) is 3. The van der Waals surface area contributed by atoms with Crippen molar-refractivity contribution in [1.82, 2.24) is 9.21 Å². The maximum absolute atomic E-state index is 13.5. The highest BCUT2D eigenvalue weighted by atomic mass is 32.2. The molecule has 8 nitrogen and oxygen atoms in total. The number of piperazine rings is 1. The highest BCUT2D eigenvalue weighted by Crippen LogP contribution is 2.25. The van der Waals surface area contributed by atoms with E-state index in [9.17, 15) is 26.0 Å². The Hall–Kier alpha value is -3.28. The Morgan fingerprint density at radius 3 is 1.76 bits per heavy atom. The van der Waals surface area contributed by atoms with E-state index in [-0.39, 0.29) is 41.7 Å². The second kappa shape index (κ2) is 10.6. The van der Waals surface area contributed by atoms with E-state index in [0.717, 1.165) is 27.6 Å². The van der Waals surface area contributed by atoms with Gasteiger partial charge in [-0.1, -0.05) is 35.4 Å². The number of sulfonamides is 2. The van der Waals surface area contributed by atoms with Gasteiger partial charge in [-0.25, -0.2) is 21.2 Å². The fourth-order valence-corrected chi connectivity index (χ4v) is 6.86. The number of rotatable bonds is 7. The van der Waals surface area contributed by atoms with Crippen molar-refractivity contribution >= 4 is 31.6 Å². The number of hydrogen-bond donors (Lipinski definition) is 0. The van der Waals surface area contributed by atoms with Crippen LogP contribution in [0.25, 0.3) is 0 Å². The summed E-state index contributed by atoms with van der Waals surface area (Å²) >= 11 is 0. The average molecular weight is 546 g/mol.